The minimum Gasteiger partial charge on any atom is -0.469 e. The Morgan fingerprint density at radius 1 is 1.30 bits per heavy atom. The summed E-state index contributed by atoms with van der Waals surface area (Å²) >= 11 is 1.46. The van der Waals surface area contributed by atoms with Crippen LogP contribution < -0.4 is 0 Å². The molecule has 0 spiro atoms. The monoisotopic (exact) mass is 432 g/mol. The van der Waals surface area contributed by atoms with E-state index in [9.17, 15) is 9.59 Å². The van der Waals surface area contributed by atoms with Gasteiger partial charge in [0.05, 0.1) is 6.26 Å². The number of carbonyl (C=O) groups is 2. The smallest absolute Gasteiger partial charge is 0.334 e. The van der Waals surface area contributed by atoms with Crippen molar-refractivity contribution in [3.05, 3.63) is 46.3 Å². The molecule has 5 nitrogen and oxygen atoms in total. The molecule has 164 valence electrons. The lowest BCUT2D eigenvalue weighted by atomic mass is 9.53. The third kappa shape index (κ3) is 3.98. The van der Waals surface area contributed by atoms with Crippen LogP contribution in [0.1, 0.15) is 63.5 Å². The molecule has 0 aliphatic heterocycles. The van der Waals surface area contributed by atoms with Gasteiger partial charge in [-0.1, -0.05) is 19.9 Å². The van der Waals surface area contributed by atoms with Crippen molar-refractivity contribution in [2.45, 2.75) is 66.1 Å². The zero-order chi connectivity index (χ0) is 22.1. The lowest BCUT2D eigenvalue weighted by Crippen LogP contribution is -2.53. The number of fused-ring (bicyclic) bond motifs is 2. The van der Waals surface area contributed by atoms with Gasteiger partial charge in [0.1, 0.15) is 18.0 Å². The Morgan fingerprint density at radius 2 is 2.03 bits per heavy atom. The first kappa shape index (κ1) is 22.7. The molecule has 0 radical (unpaired) electrons. The first-order chi connectivity index (χ1) is 14.2. The van der Waals surface area contributed by atoms with Gasteiger partial charge in [-0.3, -0.25) is 0 Å². The summed E-state index contributed by atoms with van der Waals surface area (Å²) in [6.45, 7) is 9.89. The van der Waals surface area contributed by atoms with Crippen LogP contribution in [0.4, 0.5) is 0 Å². The number of esters is 2. The van der Waals surface area contributed by atoms with Crippen molar-refractivity contribution >= 4 is 23.7 Å². The SMILES string of the molecule is C/C=C(/C)C(=O)O[C@@H]1c2c(C)coc2C[C@H]2CC[C@@H](OC(=O)/C=C\SC)[C@H](C)[C@]21C. The molecule has 1 fully saturated rings. The number of furan rings is 1. The minimum absolute atomic E-state index is 0.0223. The summed E-state index contributed by atoms with van der Waals surface area (Å²) in [5.74, 6) is 0.583. The van der Waals surface area contributed by atoms with Crippen molar-refractivity contribution in [2.75, 3.05) is 6.26 Å². The maximum absolute atomic E-state index is 12.8. The average Bonchev–Trinajstić information content (AvgIpc) is 3.09. The summed E-state index contributed by atoms with van der Waals surface area (Å²) in [5, 5.41) is 1.73. The summed E-state index contributed by atoms with van der Waals surface area (Å²) in [6.07, 6.45) is 8.73. The third-order valence-corrected chi connectivity index (χ3v) is 7.58. The van der Waals surface area contributed by atoms with E-state index in [4.69, 9.17) is 13.9 Å². The van der Waals surface area contributed by atoms with E-state index in [1.807, 2.05) is 20.1 Å². The first-order valence-corrected chi connectivity index (χ1v) is 11.8. The van der Waals surface area contributed by atoms with E-state index in [1.54, 1.807) is 24.7 Å². The second kappa shape index (κ2) is 9.04. The highest BCUT2D eigenvalue weighted by molar-refractivity contribution is 8.01. The van der Waals surface area contributed by atoms with E-state index in [0.29, 0.717) is 5.57 Å². The summed E-state index contributed by atoms with van der Waals surface area (Å²) in [6, 6.07) is 0. The van der Waals surface area contributed by atoms with Crippen LogP contribution in [0, 0.1) is 24.2 Å². The predicted octanol–water partition coefficient (Wildman–Crippen LogP) is 5.54. The largest absolute Gasteiger partial charge is 0.469 e. The van der Waals surface area contributed by atoms with Gasteiger partial charge in [0.15, 0.2) is 0 Å². The fraction of sp³-hybridized carbons (Fsp3) is 0.583. The second-order valence-electron chi connectivity index (χ2n) is 8.66. The average molecular weight is 433 g/mol. The van der Waals surface area contributed by atoms with Crippen molar-refractivity contribution in [1.29, 1.82) is 0 Å². The zero-order valence-corrected chi connectivity index (χ0v) is 19.5. The zero-order valence-electron chi connectivity index (χ0n) is 18.7. The van der Waals surface area contributed by atoms with Crippen LogP contribution in [0.15, 0.2) is 33.8 Å². The fourth-order valence-corrected chi connectivity index (χ4v) is 5.25. The Morgan fingerprint density at radius 3 is 2.70 bits per heavy atom. The number of thioether (sulfide) groups is 1. The highest BCUT2D eigenvalue weighted by Gasteiger charge is 2.57. The minimum atomic E-state index is -0.439. The molecule has 0 saturated heterocycles. The van der Waals surface area contributed by atoms with Crippen molar-refractivity contribution in [1.82, 2.24) is 0 Å². The lowest BCUT2D eigenvalue weighted by Gasteiger charge is -2.54. The van der Waals surface area contributed by atoms with Gasteiger partial charge in [0.2, 0.25) is 0 Å². The van der Waals surface area contributed by atoms with Crippen LogP contribution >= 0.6 is 11.8 Å². The summed E-state index contributed by atoms with van der Waals surface area (Å²) < 4.78 is 17.8. The van der Waals surface area contributed by atoms with Gasteiger partial charge in [-0.15, -0.1) is 11.8 Å². The molecular weight excluding hydrogens is 400 g/mol. The molecule has 2 aliphatic carbocycles. The van der Waals surface area contributed by atoms with Crippen LogP contribution in [-0.4, -0.2) is 24.3 Å². The van der Waals surface area contributed by atoms with Gasteiger partial charge in [-0.05, 0) is 56.8 Å². The van der Waals surface area contributed by atoms with E-state index in [0.717, 1.165) is 36.1 Å². The molecule has 1 aromatic heterocycles. The van der Waals surface area contributed by atoms with Crippen LogP contribution in [0.3, 0.4) is 0 Å². The predicted molar refractivity (Wildman–Crippen MR) is 118 cm³/mol. The Kier molecular flexibility index (Phi) is 6.85. The maximum Gasteiger partial charge on any atom is 0.334 e. The Bertz CT molecular complexity index is 867. The molecule has 0 N–H and O–H groups in total. The quantitative estimate of drug-likeness (QED) is 0.450. The summed E-state index contributed by atoms with van der Waals surface area (Å²) in [5.41, 5.74) is 2.19. The number of aryl methyl sites for hydroxylation is 1. The van der Waals surface area contributed by atoms with Gasteiger partial charge in [0, 0.05) is 35.0 Å². The number of hydrogen-bond acceptors (Lipinski definition) is 6. The Labute approximate surface area is 183 Å². The number of ether oxygens (including phenoxy) is 2. The molecular formula is C24H32O5S. The third-order valence-electron chi connectivity index (χ3n) is 7.17. The lowest BCUT2D eigenvalue weighted by molar-refractivity contribution is -0.183. The molecule has 0 aromatic carbocycles. The van der Waals surface area contributed by atoms with Crippen LogP contribution in [0.2, 0.25) is 0 Å². The fourth-order valence-electron chi connectivity index (χ4n) is 5.00. The number of hydrogen-bond donors (Lipinski definition) is 0. The van der Waals surface area contributed by atoms with Gasteiger partial charge < -0.3 is 13.9 Å². The maximum atomic E-state index is 12.8. The molecule has 2 aliphatic rings. The molecule has 1 saturated carbocycles. The number of allylic oxidation sites excluding steroid dienone is 1. The number of rotatable bonds is 5. The first-order valence-electron chi connectivity index (χ1n) is 10.5. The molecule has 30 heavy (non-hydrogen) atoms. The molecule has 1 aromatic rings. The molecule has 6 heteroatoms. The molecule has 3 rings (SSSR count). The Hall–Kier alpha value is -1.95. The van der Waals surface area contributed by atoms with Crippen LogP contribution in [-0.2, 0) is 25.5 Å². The van der Waals surface area contributed by atoms with Crippen molar-refractivity contribution in [2.24, 2.45) is 17.3 Å². The summed E-state index contributed by atoms with van der Waals surface area (Å²) in [7, 11) is 0. The van der Waals surface area contributed by atoms with E-state index in [-0.39, 0.29) is 35.3 Å². The van der Waals surface area contributed by atoms with Gasteiger partial charge in [0.25, 0.3) is 0 Å². The molecule has 0 unspecified atom stereocenters. The summed E-state index contributed by atoms with van der Waals surface area (Å²) in [4.78, 5) is 25.0. The van der Waals surface area contributed by atoms with E-state index < -0.39 is 6.10 Å². The van der Waals surface area contributed by atoms with Crippen LogP contribution in [0.25, 0.3) is 0 Å². The highest BCUT2D eigenvalue weighted by Crippen LogP contribution is 2.60. The molecule has 1 heterocycles. The molecule has 5 atom stereocenters. The van der Waals surface area contributed by atoms with Gasteiger partial charge in [-0.2, -0.15) is 0 Å². The molecule has 0 bridgehead atoms. The van der Waals surface area contributed by atoms with Crippen molar-refractivity contribution < 1.29 is 23.5 Å². The normalized spacial score (nSPS) is 31.2. The van der Waals surface area contributed by atoms with Gasteiger partial charge in [-0.25, -0.2) is 9.59 Å². The van der Waals surface area contributed by atoms with Gasteiger partial charge >= 0.3 is 11.9 Å². The van der Waals surface area contributed by atoms with E-state index in [2.05, 4.69) is 13.8 Å². The van der Waals surface area contributed by atoms with Crippen molar-refractivity contribution in [3.63, 3.8) is 0 Å². The second-order valence-corrected chi connectivity index (χ2v) is 9.40. The van der Waals surface area contributed by atoms with Crippen LogP contribution in [0.5, 0.6) is 0 Å². The standard InChI is InChI=1S/C24H32O5S/c1-7-14(2)23(26)29-22-21-15(3)13-27-19(21)12-17-8-9-18(16(4)24(17,22)5)28-20(25)10-11-30-6/h7,10-11,13,16-18,22H,8-9,12H2,1-6H3/b11-10-,14-7-/t16-,17+,18+,22+,24+/m0/s1. The highest BCUT2D eigenvalue weighted by atomic mass is 32.2. The van der Waals surface area contributed by atoms with E-state index in [1.165, 1.54) is 17.8 Å². The topological polar surface area (TPSA) is 65.7 Å². The van der Waals surface area contributed by atoms with Crippen molar-refractivity contribution in [3.8, 4) is 0 Å². The molecule has 0 amide bonds. The Balaban J connectivity index is 1.97. The number of carbonyl (C=O) groups excluding carboxylic acids is 2. The van der Waals surface area contributed by atoms with E-state index >= 15 is 0 Å².